The number of piperazine rings is 1. The number of fused-ring (bicyclic) bond motifs is 1. The quantitative estimate of drug-likeness (QED) is 0.383. The van der Waals surface area contributed by atoms with Crippen LogP contribution in [0.5, 0.6) is 0 Å². The van der Waals surface area contributed by atoms with Crippen LogP contribution in [0.4, 0.5) is 29.5 Å². The van der Waals surface area contributed by atoms with Crippen LogP contribution in [0.1, 0.15) is 11.1 Å². The highest BCUT2D eigenvalue weighted by molar-refractivity contribution is 5.99. The van der Waals surface area contributed by atoms with Crippen molar-refractivity contribution in [2.24, 2.45) is 7.05 Å². The lowest BCUT2D eigenvalue weighted by Crippen LogP contribution is -2.44. The first-order chi connectivity index (χ1) is 18.2. The Labute approximate surface area is 218 Å². The van der Waals surface area contributed by atoms with Gasteiger partial charge in [-0.15, -0.1) is 0 Å². The molecule has 198 valence electrons. The fraction of sp³-hybridized carbons (Fsp3) is 0.296. The number of rotatable bonds is 5. The number of benzene rings is 2. The number of hydrogen-bond acceptors (Lipinski definition) is 5. The normalized spacial score (nSPS) is 15.1. The van der Waals surface area contributed by atoms with Gasteiger partial charge < -0.3 is 10.2 Å². The molecular formula is C27H28F3N7O. The number of nitrogens with zero attached hydrogens (tertiary/aromatic N) is 5. The van der Waals surface area contributed by atoms with Gasteiger partial charge in [-0.1, -0.05) is 24.3 Å². The molecule has 11 heteroatoms. The number of carbonyl (C=O) groups is 1. The third-order valence-electron chi connectivity index (χ3n) is 6.67. The zero-order valence-corrected chi connectivity index (χ0v) is 21.1. The van der Waals surface area contributed by atoms with E-state index in [2.05, 4.69) is 25.6 Å². The molecule has 8 nitrogen and oxygen atoms in total. The van der Waals surface area contributed by atoms with Crippen molar-refractivity contribution < 1.29 is 18.0 Å². The minimum absolute atomic E-state index is 0.0480. The van der Waals surface area contributed by atoms with Crippen molar-refractivity contribution in [1.29, 1.82) is 0 Å². The Morgan fingerprint density at radius 3 is 2.50 bits per heavy atom. The Morgan fingerprint density at radius 1 is 0.974 bits per heavy atom. The maximum atomic E-state index is 13.9. The minimum Gasteiger partial charge on any atom is -0.308 e. The summed E-state index contributed by atoms with van der Waals surface area (Å²) in [7, 11) is 3.73. The standard InChI is InChI=1S/C27H28F3N7O/c1-35-9-11-37(12-10-35)17-19-7-8-21(14-22(19)27(28,29)30)32-26(38)33-25-15-24(36(2)34-25)20-13-18-5-3-4-6-23(18)31-16-20/h3-8,13-16H,9-12,17H2,1-2H3,(H2,32,33,34,38). The van der Waals surface area contributed by atoms with E-state index >= 15 is 0 Å². The van der Waals surface area contributed by atoms with Gasteiger partial charge in [-0.05, 0) is 36.9 Å². The lowest BCUT2D eigenvalue weighted by atomic mass is 10.0. The molecule has 2 aromatic carbocycles. The Balaban J connectivity index is 1.29. The topological polar surface area (TPSA) is 78.3 Å². The minimum atomic E-state index is -4.54. The first kappa shape index (κ1) is 25.7. The monoisotopic (exact) mass is 523 g/mol. The van der Waals surface area contributed by atoms with Crippen molar-refractivity contribution in [2.45, 2.75) is 12.7 Å². The van der Waals surface area contributed by atoms with Crippen molar-refractivity contribution in [3.8, 4) is 11.3 Å². The molecule has 1 aliphatic heterocycles. The highest BCUT2D eigenvalue weighted by Crippen LogP contribution is 2.35. The van der Waals surface area contributed by atoms with E-state index in [1.807, 2.05) is 42.3 Å². The zero-order valence-electron chi connectivity index (χ0n) is 21.1. The van der Waals surface area contributed by atoms with E-state index in [1.54, 1.807) is 24.0 Å². The number of pyridine rings is 1. The number of aryl methyl sites for hydroxylation is 1. The van der Waals surface area contributed by atoms with Crippen LogP contribution >= 0.6 is 0 Å². The van der Waals surface area contributed by atoms with Gasteiger partial charge in [0.15, 0.2) is 5.82 Å². The van der Waals surface area contributed by atoms with Crippen LogP contribution in [-0.4, -0.2) is 63.8 Å². The van der Waals surface area contributed by atoms with E-state index in [-0.39, 0.29) is 23.6 Å². The van der Waals surface area contributed by atoms with Crippen LogP contribution in [0.25, 0.3) is 22.2 Å². The third kappa shape index (κ3) is 5.79. The van der Waals surface area contributed by atoms with Gasteiger partial charge in [-0.2, -0.15) is 18.3 Å². The number of halogens is 3. The van der Waals surface area contributed by atoms with Gasteiger partial charge in [0.1, 0.15) is 0 Å². The molecule has 0 bridgehead atoms. The smallest absolute Gasteiger partial charge is 0.308 e. The van der Waals surface area contributed by atoms with Crippen LogP contribution < -0.4 is 10.6 Å². The Bertz CT molecular complexity index is 1460. The van der Waals surface area contributed by atoms with Crippen LogP contribution in [0.3, 0.4) is 0 Å². The van der Waals surface area contributed by atoms with Gasteiger partial charge in [0.25, 0.3) is 0 Å². The van der Waals surface area contributed by atoms with Gasteiger partial charge in [-0.25, -0.2) is 4.79 Å². The molecule has 38 heavy (non-hydrogen) atoms. The van der Waals surface area contributed by atoms with E-state index in [9.17, 15) is 18.0 Å². The molecule has 2 aromatic heterocycles. The van der Waals surface area contributed by atoms with Crippen molar-refractivity contribution in [2.75, 3.05) is 43.9 Å². The fourth-order valence-electron chi connectivity index (χ4n) is 4.59. The van der Waals surface area contributed by atoms with Crippen molar-refractivity contribution >= 4 is 28.4 Å². The van der Waals surface area contributed by atoms with Crippen LogP contribution in [0, 0.1) is 0 Å². The average Bonchev–Trinajstić information content (AvgIpc) is 3.24. The fourth-order valence-corrected chi connectivity index (χ4v) is 4.59. The predicted octanol–water partition coefficient (Wildman–Crippen LogP) is 5.05. The van der Waals surface area contributed by atoms with Gasteiger partial charge in [0.05, 0.1) is 16.8 Å². The first-order valence-corrected chi connectivity index (χ1v) is 12.2. The Kier molecular flexibility index (Phi) is 7.04. The number of nitrogens with one attached hydrogen (secondary N) is 2. The zero-order chi connectivity index (χ0) is 26.9. The summed E-state index contributed by atoms with van der Waals surface area (Å²) in [5.74, 6) is 0.260. The number of amides is 2. The maximum Gasteiger partial charge on any atom is 0.416 e. The number of hydrogen-bond donors (Lipinski definition) is 2. The number of para-hydroxylation sites is 1. The lowest BCUT2D eigenvalue weighted by molar-refractivity contribution is -0.138. The molecule has 1 saturated heterocycles. The van der Waals surface area contributed by atoms with E-state index in [0.29, 0.717) is 13.1 Å². The molecule has 4 aromatic rings. The second kappa shape index (κ2) is 10.4. The highest BCUT2D eigenvalue weighted by Gasteiger charge is 2.34. The summed E-state index contributed by atoms with van der Waals surface area (Å²) in [6, 6.07) is 14.6. The highest BCUT2D eigenvalue weighted by atomic mass is 19.4. The number of likely N-dealkylation sites (N-methyl/N-ethyl adjacent to an activating group) is 1. The Hall–Kier alpha value is -3.96. The van der Waals surface area contributed by atoms with Gasteiger partial charge in [0, 0.05) is 68.7 Å². The van der Waals surface area contributed by atoms with Gasteiger partial charge in [0.2, 0.25) is 0 Å². The molecule has 0 atom stereocenters. The van der Waals surface area contributed by atoms with Crippen LogP contribution in [0.2, 0.25) is 0 Å². The van der Waals surface area contributed by atoms with Gasteiger partial charge >= 0.3 is 12.2 Å². The summed E-state index contributed by atoms with van der Waals surface area (Å²) in [6.45, 7) is 3.24. The molecule has 1 fully saturated rings. The van der Waals surface area contributed by atoms with Crippen molar-refractivity contribution in [1.82, 2.24) is 24.6 Å². The van der Waals surface area contributed by atoms with E-state index in [4.69, 9.17) is 0 Å². The molecular weight excluding hydrogens is 495 g/mol. The SMILES string of the molecule is CN1CCN(Cc2ccc(NC(=O)Nc3cc(-c4cnc5ccccc5c4)n(C)n3)cc2C(F)(F)F)CC1. The predicted molar refractivity (Wildman–Crippen MR) is 141 cm³/mol. The van der Waals surface area contributed by atoms with E-state index < -0.39 is 17.8 Å². The van der Waals surface area contributed by atoms with Crippen LogP contribution in [-0.2, 0) is 19.8 Å². The molecule has 0 aliphatic carbocycles. The molecule has 2 amide bonds. The summed E-state index contributed by atoms with van der Waals surface area (Å²) in [4.78, 5) is 21.2. The van der Waals surface area contributed by atoms with Crippen molar-refractivity contribution in [3.05, 3.63) is 71.9 Å². The summed E-state index contributed by atoms with van der Waals surface area (Å²) >= 11 is 0. The molecule has 3 heterocycles. The summed E-state index contributed by atoms with van der Waals surface area (Å²) in [5.41, 5.74) is 1.89. The molecule has 1 aliphatic rings. The van der Waals surface area contributed by atoms with Gasteiger partial charge in [-0.3, -0.25) is 19.9 Å². The average molecular weight is 524 g/mol. The summed E-state index contributed by atoms with van der Waals surface area (Å²) in [6.07, 6.45) is -2.81. The van der Waals surface area contributed by atoms with E-state index in [1.165, 1.54) is 12.1 Å². The molecule has 2 N–H and O–H groups in total. The third-order valence-corrected chi connectivity index (χ3v) is 6.67. The molecule has 0 unspecified atom stereocenters. The van der Waals surface area contributed by atoms with E-state index in [0.717, 1.165) is 41.3 Å². The molecule has 0 spiro atoms. The lowest BCUT2D eigenvalue weighted by Gasteiger charge is -2.33. The number of urea groups is 1. The van der Waals surface area contributed by atoms with Crippen molar-refractivity contribution in [3.63, 3.8) is 0 Å². The number of carbonyl (C=O) groups excluding carboxylic acids is 1. The molecule has 5 rings (SSSR count). The number of aromatic nitrogens is 3. The second-order valence-corrected chi connectivity index (χ2v) is 9.48. The number of alkyl halides is 3. The first-order valence-electron chi connectivity index (χ1n) is 12.2. The molecule has 0 radical (unpaired) electrons. The summed E-state index contributed by atoms with van der Waals surface area (Å²) in [5, 5.41) is 10.4. The summed E-state index contributed by atoms with van der Waals surface area (Å²) < 4.78 is 43.2. The largest absolute Gasteiger partial charge is 0.416 e. The molecule has 0 saturated carbocycles. The second-order valence-electron chi connectivity index (χ2n) is 9.48. The Morgan fingerprint density at radius 2 is 1.74 bits per heavy atom. The maximum absolute atomic E-state index is 13.9. The van der Waals surface area contributed by atoms with Crippen LogP contribution in [0.15, 0.2) is 60.8 Å². The number of anilines is 2.